The standard InChI is InChI=1S/C14H28N4O2/c1-3-5-8-19-10-11-20-9-7-18-13-14(16-17-18)12-15-6-4-2/h13,15H,3-12H2,1-2H3. The Hall–Kier alpha value is -0.980. The highest BCUT2D eigenvalue weighted by molar-refractivity contribution is 4.91. The van der Waals surface area contributed by atoms with Gasteiger partial charge in [0.1, 0.15) is 0 Å². The first-order valence-corrected chi connectivity index (χ1v) is 7.62. The average Bonchev–Trinajstić information content (AvgIpc) is 2.90. The third-order valence-corrected chi connectivity index (χ3v) is 2.80. The molecular weight excluding hydrogens is 256 g/mol. The van der Waals surface area contributed by atoms with Crippen molar-refractivity contribution in [3.05, 3.63) is 11.9 Å². The molecule has 0 amide bonds. The lowest BCUT2D eigenvalue weighted by molar-refractivity contribution is 0.0429. The van der Waals surface area contributed by atoms with Crippen LogP contribution < -0.4 is 5.32 Å². The van der Waals surface area contributed by atoms with E-state index in [0.29, 0.717) is 19.8 Å². The minimum Gasteiger partial charge on any atom is -0.379 e. The number of nitrogens with one attached hydrogen (secondary N) is 1. The van der Waals surface area contributed by atoms with Crippen molar-refractivity contribution >= 4 is 0 Å². The topological polar surface area (TPSA) is 61.2 Å². The molecule has 0 atom stereocenters. The molecule has 0 aromatic carbocycles. The first-order chi connectivity index (χ1) is 9.86. The van der Waals surface area contributed by atoms with Crippen molar-refractivity contribution in [2.75, 3.05) is 33.0 Å². The number of hydrogen-bond donors (Lipinski definition) is 1. The Labute approximate surface area is 121 Å². The van der Waals surface area contributed by atoms with E-state index in [1.807, 2.05) is 10.9 Å². The zero-order chi connectivity index (χ0) is 14.5. The van der Waals surface area contributed by atoms with Crippen molar-refractivity contribution in [1.82, 2.24) is 20.3 Å². The molecule has 1 aromatic heterocycles. The van der Waals surface area contributed by atoms with E-state index in [2.05, 4.69) is 29.5 Å². The SMILES string of the molecule is CCCCOCCOCCn1cc(CNCCC)nn1. The fourth-order valence-electron chi connectivity index (χ4n) is 1.65. The van der Waals surface area contributed by atoms with Crippen molar-refractivity contribution in [2.24, 2.45) is 0 Å². The van der Waals surface area contributed by atoms with E-state index >= 15 is 0 Å². The fraction of sp³-hybridized carbons (Fsp3) is 0.857. The van der Waals surface area contributed by atoms with Crippen LogP contribution in [0.5, 0.6) is 0 Å². The zero-order valence-corrected chi connectivity index (χ0v) is 12.8. The van der Waals surface area contributed by atoms with Crippen molar-refractivity contribution < 1.29 is 9.47 Å². The van der Waals surface area contributed by atoms with E-state index in [4.69, 9.17) is 9.47 Å². The van der Waals surface area contributed by atoms with Gasteiger partial charge >= 0.3 is 0 Å². The van der Waals surface area contributed by atoms with Crippen LogP contribution in [0, 0.1) is 0 Å². The van der Waals surface area contributed by atoms with Gasteiger partial charge in [0.25, 0.3) is 0 Å². The molecule has 1 N–H and O–H groups in total. The number of nitrogens with zero attached hydrogens (tertiary/aromatic N) is 3. The molecule has 0 aliphatic heterocycles. The van der Waals surface area contributed by atoms with Gasteiger partial charge in [-0.2, -0.15) is 0 Å². The van der Waals surface area contributed by atoms with Crippen molar-refractivity contribution in [3.63, 3.8) is 0 Å². The lowest BCUT2D eigenvalue weighted by atomic mass is 10.4. The van der Waals surface area contributed by atoms with E-state index in [1.54, 1.807) is 0 Å². The quantitative estimate of drug-likeness (QED) is 0.558. The van der Waals surface area contributed by atoms with Gasteiger partial charge < -0.3 is 14.8 Å². The van der Waals surface area contributed by atoms with Crippen LogP contribution in [-0.4, -0.2) is 48.0 Å². The Bertz CT molecular complexity index is 331. The number of aromatic nitrogens is 3. The largest absolute Gasteiger partial charge is 0.379 e. The second kappa shape index (κ2) is 11.8. The lowest BCUT2D eigenvalue weighted by Crippen LogP contribution is -2.14. The van der Waals surface area contributed by atoms with E-state index in [9.17, 15) is 0 Å². The Morgan fingerprint density at radius 3 is 2.65 bits per heavy atom. The van der Waals surface area contributed by atoms with Gasteiger partial charge in [-0.05, 0) is 19.4 Å². The summed E-state index contributed by atoms with van der Waals surface area (Å²) in [6.45, 7) is 9.60. The number of unbranched alkanes of at least 4 members (excludes halogenated alkanes) is 1. The fourth-order valence-corrected chi connectivity index (χ4v) is 1.65. The summed E-state index contributed by atoms with van der Waals surface area (Å²) in [7, 11) is 0. The van der Waals surface area contributed by atoms with E-state index in [-0.39, 0.29) is 0 Å². The van der Waals surface area contributed by atoms with E-state index < -0.39 is 0 Å². The van der Waals surface area contributed by atoms with Gasteiger partial charge in [-0.15, -0.1) is 5.10 Å². The smallest absolute Gasteiger partial charge is 0.0964 e. The molecule has 0 saturated carbocycles. The summed E-state index contributed by atoms with van der Waals surface area (Å²) < 4.78 is 12.7. The van der Waals surface area contributed by atoms with Crippen LogP contribution >= 0.6 is 0 Å². The summed E-state index contributed by atoms with van der Waals surface area (Å²) in [4.78, 5) is 0. The van der Waals surface area contributed by atoms with Gasteiger partial charge in [-0.3, -0.25) is 0 Å². The Kier molecular flexibility index (Phi) is 10.1. The maximum atomic E-state index is 5.50. The second-order valence-electron chi connectivity index (χ2n) is 4.73. The first-order valence-electron chi connectivity index (χ1n) is 7.62. The normalized spacial score (nSPS) is 11.1. The van der Waals surface area contributed by atoms with E-state index in [0.717, 1.165) is 44.8 Å². The lowest BCUT2D eigenvalue weighted by Gasteiger charge is -2.05. The third kappa shape index (κ3) is 8.24. The Morgan fingerprint density at radius 1 is 1.10 bits per heavy atom. The van der Waals surface area contributed by atoms with Crippen molar-refractivity contribution in [1.29, 1.82) is 0 Å². The number of rotatable bonds is 13. The maximum Gasteiger partial charge on any atom is 0.0964 e. The van der Waals surface area contributed by atoms with Crippen molar-refractivity contribution in [2.45, 2.75) is 46.2 Å². The van der Waals surface area contributed by atoms with Gasteiger partial charge in [-0.1, -0.05) is 25.5 Å². The molecule has 0 fully saturated rings. The predicted molar refractivity (Wildman–Crippen MR) is 78.6 cm³/mol. The molecule has 1 aromatic rings. The van der Waals surface area contributed by atoms with Gasteiger partial charge in [0, 0.05) is 19.3 Å². The summed E-state index contributed by atoms with van der Waals surface area (Å²) in [5.74, 6) is 0. The summed E-state index contributed by atoms with van der Waals surface area (Å²) in [6.07, 6.45) is 5.38. The van der Waals surface area contributed by atoms with Gasteiger partial charge in [0.2, 0.25) is 0 Å². The predicted octanol–water partition coefficient (Wildman–Crippen LogP) is 1.61. The van der Waals surface area contributed by atoms with Crippen LogP contribution in [0.2, 0.25) is 0 Å². The molecule has 0 radical (unpaired) electrons. The molecule has 1 heterocycles. The molecule has 1 rings (SSSR count). The first kappa shape index (κ1) is 17.1. The molecule has 0 unspecified atom stereocenters. The Balaban J connectivity index is 1.99. The monoisotopic (exact) mass is 284 g/mol. The van der Waals surface area contributed by atoms with Crippen LogP contribution in [0.3, 0.4) is 0 Å². The molecule has 0 saturated heterocycles. The van der Waals surface area contributed by atoms with Crippen LogP contribution in [0.15, 0.2) is 6.20 Å². The highest BCUT2D eigenvalue weighted by Crippen LogP contribution is 1.93. The minimum absolute atomic E-state index is 0.641. The van der Waals surface area contributed by atoms with Crippen LogP contribution in [0.1, 0.15) is 38.8 Å². The third-order valence-electron chi connectivity index (χ3n) is 2.80. The molecule has 0 spiro atoms. The molecule has 6 nitrogen and oxygen atoms in total. The molecule has 20 heavy (non-hydrogen) atoms. The molecule has 0 bridgehead atoms. The van der Waals surface area contributed by atoms with Crippen molar-refractivity contribution in [3.8, 4) is 0 Å². The second-order valence-corrected chi connectivity index (χ2v) is 4.73. The van der Waals surface area contributed by atoms with Crippen LogP contribution in [0.4, 0.5) is 0 Å². The zero-order valence-electron chi connectivity index (χ0n) is 12.8. The van der Waals surface area contributed by atoms with Crippen LogP contribution in [-0.2, 0) is 22.6 Å². The molecule has 0 aliphatic carbocycles. The van der Waals surface area contributed by atoms with Gasteiger partial charge in [-0.25, -0.2) is 4.68 Å². The molecule has 6 heteroatoms. The Morgan fingerprint density at radius 2 is 1.90 bits per heavy atom. The maximum absolute atomic E-state index is 5.50. The average molecular weight is 284 g/mol. The molecular formula is C14H28N4O2. The van der Waals surface area contributed by atoms with Gasteiger partial charge in [0.15, 0.2) is 0 Å². The highest BCUT2D eigenvalue weighted by Gasteiger charge is 2.00. The molecule has 0 aliphatic rings. The van der Waals surface area contributed by atoms with Gasteiger partial charge in [0.05, 0.1) is 32.1 Å². The summed E-state index contributed by atoms with van der Waals surface area (Å²) in [5, 5.41) is 11.5. The highest BCUT2D eigenvalue weighted by atomic mass is 16.5. The minimum atomic E-state index is 0.641. The summed E-state index contributed by atoms with van der Waals surface area (Å²) in [5.41, 5.74) is 0.973. The number of hydrogen-bond acceptors (Lipinski definition) is 5. The van der Waals surface area contributed by atoms with E-state index in [1.165, 1.54) is 6.42 Å². The summed E-state index contributed by atoms with van der Waals surface area (Å²) >= 11 is 0. The summed E-state index contributed by atoms with van der Waals surface area (Å²) in [6, 6.07) is 0. The van der Waals surface area contributed by atoms with Crippen LogP contribution in [0.25, 0.3) is 0 Å². The number of ether oxygens (including phenoxy) is 2. The molecule has 116 valence electrons.